The standard InChI is InChI=1S/C11H22N4O6/c1-13-4-11(5-19-8(12)16,6-20-9(17)14-2)7-21-10(18)15-3/h13H,4-7H2,1-3H3,(H2,12,16)(H,14,17)(H,15,18). The van der Waals surface area contributed by atoms with Crippen LogP contribution in [-0.2, 0) is 14.2 Å². The van der Waals surface area contributed by atoms with E-state index < -0.39 is 23.7 Å². The molecule has 0 heterocycles. The number of carbonyl (C=O) groups excluding carboxylic acids is 3. The highest BCUT2D eigenvalue weighted by Crippen LogP contribution is 2.19. The first-order valence-electron chi connectivity index (χ1n) is 6.15. The van der Waals surface area contributed by atoms with Gasteiger partial charge in [-0.05, 0) is 7.05 Å². The fourth-order valence-corrected chi connectivity index (χ4v) is 1.46. The Morgan fingerprint density at radius 3 is 1.67 bits per heavy atom. The van der Waals surface area contributed by atoms with Crippen LogP contribution in [0.1, 0.15) is 0 Å². The van der Waals surface area contributed by atoms with E-state index in [0.29, 0.717) is 0 Å². The molecule has 0 aromatic carbocycles. The van der Waals surface area contributed by atoms with E-state index in [1.165, 1.54) is 14.1 Å². The molecule has 21 heavy (non-hydrogen) atoms. The Morgan fingerprint density at radius 1 is 0.905 bits per heavy atom. The lowest BCUT2D eigenvalue weighted by molar-refractivity contribution is -0.0115. The normalized spacial score (nSPS) is 10.4. The first-order valence-corrected chi connectivity index (χ1v) is 6.15. The van der Waals surface area contributed by atoms with Gasteiger partial charge in [-0.2, -0.15) is 0 Å². The molecule has 0 fully saturated rings. The second-order valence-corrected chi connectivity index (χ2v) is 4.29. The third-order valence-electron chi connectivity index (χ3n) is 2.50. The van der Waals surface area contributed by atoms with Gasteiger partial charge in [0.2, 0.25) is 0 Å². The van der Waals surface area contributed by atoms with Crippen molar-refractivity contribution in [3.63, 3.8) is 0 Å². The molecule has 5 N–H and O–H groups in total. The number of amides is 3. The molecule has 0 aromatic rings. The van der Waals surface area contributed by atoms with E-state index in [2.05, 4.69) is 16.0 Å². The Labute approximate surface area is 122 Å². The summed E-state index contributed by atoms with van der Waals surface area (Å²) in [5, 5.41) is 7.43. The molecule has 0 unspecified atom stereocenters. The summed E-state index contributed by atoms with van der Waals surface area (Å²) in [7, 11) is 4.46. The number of primary amides is 1. The van der Waals surface area contributed by atoms with E-state index in [0.717, 1.165) is 0 Å². The predicted molar refractivity (Wildman–Crippen MR) is 72.7 cm³/mol. The first kappa shape index (κ1) is 18.8. The van der Waals surface area contributed by atoms with E-state index in [4.69, 9.17) is 19.9 Å². The molecule has 122 valence electrons. The van der Waals surface area contributed by atoms with Gasteiger partial charge in [0, 0.05) is 20.6 Å². The smallest absolute Gasteiger partial charge is 0.406 e. The van der Waals surface area contributed by atoms with Crippen molar-refractivity contribution in [2.75, 3.05) is 47.5 Å². The van der Waals surface area contributed by atoms with Gasteiger partial charge >= 0.3 is 18.3 Å². The molecule has 0 radical (unpaired) electrons. The lowest BCUT2D eigenvalue weighted by atomic mass is 9.91. The summed E-state index contributed by atoms with van der Waals surface area (Å²) < 4.78 is 14.7. The molecule has 0 atom stereocenters. The van der Waals surface area contributed by atoms with Crippen molar-refractivity contribution in [3.05, 3.63) is 0 Å². The molecule has 3 amide bonds. The van der Waals surface area contributed by atoms with Crippen molar-refractivity contribution in [2.45, 2.75) is 0 Å². The van der Waals surface area contributed by atoms with Crippen LogP contribution in [0.5, 0.6) is 0 Å². The largest absolute Gasteiger partial charge is 0.449 e. The van der Waals surface area contributed by atoms with Gasteiger partial charge in [0.1, 0.15) is 19.8 Å². The van der Waals surface area contributed by atoms with Crippen LogP contribution < -0.4 is 21.7 Å². The molecule has 0 bridgehead atoms. The third-order valence-corrected chi connectivity index (χ3v) is 2.50. The van der Waals surface area contributed by atoms with Gasteiger partial charge in [0.25, 0.3) is 0 Å². The highest BCUT2D eigenvalue weighted by molar-refractivity contribution is 5.67. The van der Waals surface area contributed by atoms with Crippen molar-refractivity contribution >= 4 is 18.3 Å². The zero-order valence-electron chi connectivity index (χ0n) is 12.4. The molecule has 0 aromatic heterocycles. The third kappa shape index (κ3) is 7.82. The number of hydrogen-bond acceptors (Lipinski definition) is 7. The number of alkyl carbamates (subject to hydrolysis) is 2. The zero-order chi connectivity index (χ0) is 16.3. The van der Waals surface area contributed by atoms with Crippen LogP contribution in [0.2, 0.25) is 0 Å². The molecule has 0 aliphatic carbocycles. The molecule has 10 nitrogen and oxygen atoms in total. The molecular weight excluding hydrogens is 284 g/mol. The van der Waals surface area contributed by atoms with Crippen molar-refractivity contribution in [1.29, 1.82) is 0 Å². The van der Waals surface area contributed by atoms with E-state index in [9.17, 15) is 14.4 Å². The van der Waals surface area contributed by atoms with Gasteiger partial charge in [-0.15, -0.1) is 0 Å². The van der Waals surface area contributed by atoms with Crippen molar-refractivity contribution in [3.8, 4) is 0 Å². The number of hydrogen-bond donors (Lipinski definition) is 4. The number of carbonyl (C=O) groups is 3. The predicted octanol–water partition coefficient (Wildman–Crippen LogP) is -1.00. The zero-order valence-corrected chi connectivity index (χ0v) is 12.4. The quantitative estimate of drug-likeness (QED) is 0.421. The summed E-state index contributed by atoms with van der Waals surface area (Å²) in [6, 6.07) is 0. The second kappa shape index (κ2) is 9.64. The Morgan fingerprint density at radius 2 is 1.33 bits per heavy atom. The Bertz CT molecular complexity index is 343. The fourth-order valence-electron chi connectivity index (χ4n) is 1.46. The summed E-state index contributed by atoms with van der Waals surface area (Å²) in [5.74, 6) is 0. The summed E-state index contributed by atoms with van der Waals surface area (Å²) in [5.41, 5.74) is 3.98. The average Bonchev–Trinajstić information content (AvgIpc) is 2.47. The molecule has 0 spiro atoms. The van der Waals surface area contributed by atoms with Gasteiger partial charge in [0.05, 0.1) is 5.41 Å². The van der Waals surface area contributed by atoms with Crippen molar-refractivity contribution in [2.24, 2.45) is 11.1 Å². The molecule has 0 saturated heterocycles. The minimum absolute atomic E-state index is 0.141. The maximum absolute atomic E-state index is 11.2. The summed E-state index contributed by atoms with van der Waals surface area (Å²) in [6.45, 7) is -0.207. The van der Waals surface area contributed by atoms with Crippen LogP contribution in [-0.4, -0.2) is 65.8 Å². The van der Waals surface area contributed by atoms with Gasteiger partial charge in [-0.1, -0.05) is 0 Å². The number of nitrogens with two attached hydrogens (primary N) is 1. The van der Waals surface area contributed by atoms with E-state index in [1.807, 2.05) is 0 Å². The van der Waals surface area contributed by atoms with Gasteiger partial charge < -0.3 is 35.9 Å². The molecule has 0 rings (SSSR count). The van der Waals surface area contributed by atoms with Crippen LogP contribution in [0.3, 0.4) is 0 Å². The van der Waals surface area contributed by atoms with Crippen LogP contribution in [0.15, 0.2) is 0 Å². The number of nitrogens with one attached hydrogen (secondary N) is 3. The minimum atomic E-state index is -0.977. The van der Waals surface area contributed by atoms with Crippen LogP contribution in [0.25, 0.3) is 0 Å². The Hall–Kier alpha value is -2.23. The van der Waals surface area contributed by atoms with Crippen molar-refractivity contribution in [1.82, 2.24) is 16.0 Å². The van der Waals surface area contributed by atoms with Gasteiger partial charge in [-0.25, -0.2) is 14.4 Å². The lowest BCUT2D eigenvalue weighted by Gasteiger charge is -2.31. The van der Waals surface area contributed by atoms with E-state index in [1.54, 1.807) is 7.05 Å². The summed E-state index contributed by atoms with van der Waals surface area (Å²) in [6.07, 6.45) is -2.29. The second-order valence-electron chi connectivity index (χ2n) is 4.29. The van der Waals surface area contributed by atoms with Gasteiger partial charge in [0.15, 0.2) is 0 Å². The number of rotatable bonds is 8. The Balaban J connectivity index is 4.87. The maximum Gasteiger partial charge on any atom is 0.406 e. The topological polar surface area (TPSA) is 141 Å². The van der Waals surface area contributed by atoms with E-state index >= 15 is 0 Å². The summed E-state index contributed by atoms with van der Waals surface area (Å²) >= 11 is 0. The molecule has 10 heteroatoms. The first-order chi connectivity index (χ1) is 9.89. The highest BCUT2D eigenvalue weighted by atomic mass is 16.6. The molecule has 0 aliphatic heterocycles. The van der Waals surface area contributed by atoms with E-state index in [-0.39, 0.29) is 26.4 Å². The van der Waals surface area contributed by atoms with Crippen LogP contribution in [0.4, 0.5) is 14.4 Å². The van der Waals surface area contributed by atoms with Crippen LogP contribution >= 0.6 is 0 Å². The summed E-state index contributed by atoms with van der Waals surface area (Å²) in [4.78, 5) is 33.2. The van der Waals surface area contributed by atoms with Crippen LogP contribution in [0, 0.1) is 5.41 Å². The van der Waals surface area contributed by atoms with Gasteiger partial charge in [-0.3, -0.25) is 0 Å². The number of ether oxygens (including phenoxy) is 3. The lowest BCUT2D eigenvalue weighted by Crippen LogP contribution is -2.47. The Kier molecular flexibility index (Phi) is 8.62. The SMILES string of the molecule is CNCC(COC(N)=O)(COC(=O)NC)COC(=O)NC. The molecular formula is C11H22N4O6. The maximum atomic E-state index is 11.2. The average molecular weight is 306 g/mol. The molecule has 0 aliphatic rings. The molecule has 0 saturated carbocycles. The minimum Gasteiger partial charge on any atom is -0.449 e. The monoisotopic (exact) mass is 306 g/mol. The van der Waals surface area contributed by atoms with Crippen molar-refractivity contribution < 1.29 is 28.6 Å². The fraction of sp³-hybridized carbons (Fsp3) is 0.727. The highest BCUT2D eigenvalue weighted by Gasteiger charge is 2.35.